The van der Waals surface area contributed by atoms with Crippen LogP contribution in [-0.4, -0.2) is 35.7 Å². The number of hydrogen-bond donors (Lipinski definition) is 2. The van der Waals surface area contributed by atoms with Crippen LogP contribution >= 0.6 is 0 Å². The molecule has 116 valence electrons. The summed E-state index contributed by atoms with van der Waals surface area (Å²) in [6.45, 7) is 3.39. The fraction of sp³-hybridized carbons (Fsp3) is 0.786. The average molecular weight is 294 g/mol. The van der Waals surface area contributed by atoms with Gasteiger partial charge >= 0.3 is 0 Å². The molecule has 2 N–H and O–H groups in total. The summed E-state index contributed by atoms with van der Waals surface area (Å²) in [5.74, 6) is 1.16. The van der Waals surface area contributed by atoms with Crippen LogP contribution in [0.4, 0.5) is 0 Å². The molecule has 1 unspecified atom stereocenters. The van der Waals surface area contributed by atoms with Crippen LogP contribution in [0.1, 0.15) is 56.8 Å². The zero-order valence-corrected chi connectivity index (χ0v) is 12.4. The number of amides is 1. The molecule has 1 aliphatic heterocycles. The molecule has 1 atom stereocenters. The van der Waals surface area contributed by atoms with Crippen LogP contribution in [0.15, 0.2) is 4.52 Å². The Kier molecular flexibility index (Phi) is 4.21. The Bertz CT molecular complexity index is 481. The highest BCUT2D eigenvalue weighted by Gasteiger charge is 2.40. The molecule has 7 nitrogen and oxygen atoms in total. The first-order valence-electron chi connectivity index (χ1n) is 7.71. The first-order chi connectivity index (χ1) is 10.2. The van der Waals surface area contributed by atoms with Crippen LogP contribution < -0.4 is 10.6 Å². The lowest BCUT2D eigenvalue weighted by molar-refractivity contribution is -0.121. The van der Waals surface area contributed by atoms with E-state index in [1.165, 1.54) is 6.42 Å². The van der Waals surface area contributed by atoms with Crippen LogP contribution in [0.3, 0.4) is 0 Å². The summed E-state index contributed by atoms with van der Waals surface area (Å²) in [7, 11) is 0. The lowest BCUT2D eigenvalue weighted by atomic mass is 9.84. The number of piperazine rings is 1. The molecular formula is C14H22N4O3. The molecule has 1 aromatic heterocycles. The average Bonchev–Trinajstić information content (AvgIpc) is 3.00. The summed E-state index contributed by atoms with van der Waals surface area (Å²) in [5, 5.41) is 10.1. The van der Waals surface area contributed by atoms with Crippen LogP contribution in [0.25, 0.3) is 0 Å². The van der Waals surface area contributed by atoms with Crippen molar-refractivity contribution in [2.45, 2.75) is 50.7 Å². The molecule has 0 spiro atoms. The quantitative estimate of drug-likeness (QED) is 0.862. The van der Waals surface area contributed by atoms with Crippen LogP contribution in [0.2, 0.25) is 0 Å². The molecule has 1 aliphatic carbocycles. The van der Waals surface area contributed by atoms with Gasteiger partial charge in [0.15, 0.2) is 0 Å². The van der Waals surface area contributed by atoms with Crippen molar-refractivity contribution in [1.82, 2.24) is 20.8 Å². The van der Waals surface area contributed by atoms with Crippen molar-refractivity contribution in [3.05, 3.63) is 11.7 Å². The SMILES string of the molecule is CCOC1(c2noc(C3CNC(=O)CN3)n2)CCCCC1. The van der Waals surface area contributed by atoms with Crippen molar-refractivity contribution in [3.63, 3.8) is 0 Å². The zero-order chi connectivity index (χ0) is 14.7. The molecular weight excluding hydrogens is 272 g/mol. The van der Waals surface area contributed by atoms with Crippen LogP contribution in [0.5, 0.6) is 0 Å². The summed E-state index contributed by atoms with van der Waals surface area (Å²) >= 11 is 0. The smallest absolute Gasteiger partial charge is 0.245 e. The summed E-state index contributed by atoms with van der Waals surface area (Å²) in [5.41, 5.74) is -0.396. The maximum absolute atomic E-state index is 11.2. The van der Waals surface area contributed by atoms with E-state index in [2.05, 4.69) is 20.8 Å². The number of ether oxygens (including phenoxy) is 1. The van der Waals surface area contributed by atoms with Gasteiger partial charge < -0.3 is 14.6 Å². The Morgan fingerprint density at radius 2 is 2.19 bits per heavy atom. The van der Waals surface area contributed by atoms with Gasteiger partial charge in [0.2, 0.25) is 17.6 Å². The molecule has 3 rings (SSSR count). The molecule has 1 amide bonds. The van der Waals surface area contributed by atoms with Crippen LogP contribution in [0, 0.1) is 0 Å². The number of rotatable bonds is 4. The normalized spacial score (nSPS) is 25.6. The Morgan fingerprint density at radius 1 is 1.38 bits per heavy atom. The molecule has 2 fully saturated rings. The third kappa shape index (κ3) is 2.94. The molecule has 2 heterocycles. The summed E-state index contributed by atoms with van der Waals surface area (Å²) in [6.07, 6.45) is 5.36. The highest BCUT2D eigenvalue weighted by atomic mass is 16.5. The van der Waals surface area contributed by atoms with Gasteiger partial charge in [0.1, 0.15) is 11.6 Å². The molecule has 1 aromatic rings. The molecule has 0 bridgehead atoms. The van der Waals surface area contributed by atoms with Gasteiger partial charge in [-0.1, -0.05) is 24.4 Å². The van der Waals surface area contributed by atoms with Crippen molar-refractivity contribution in [2.75, 3.05) is 19.7 Å². The topological polar surface area (TPSA) is 89.3 Å². The molecule has 7 heteroatoms. The van der Waals surface area contributed by atoms with E-state index in [-0.39, 0.29) is 18.5 Å². The van der Waals surface area contributed by atoms with Crippen LogP contribution in [-0.2, 0) is 15.1 Å². The maximum Gasteiger partial charge on any atom is 0.245 e. The highest BCUT2D eigenvalue weighted by molar-refractivity contribution is 5.78. The van der Waals surface area contributed by atoms with Gasteiger partial charge in [-0.05, 0) is 19.8 Å². The molecule has 0 radical (unpaired) electrons. The second-order valence-corrected chi connectivity index (χ2v) is 5.68. The predicted molar refractivity (Wildman–Crippen MR) is 74.4 cm³/mol. The van der Waals surface area contributed by atoms with E-state index < -0.39 is 5.60 Å². The fourth-order valence-corrected chi connectivity index (χ4v) is 3.13. The number of carbonyl (C=O) groups excluding carboxylic acids is 1. The van der Waals surface area contributed by atoms with Gasteiger partial charge in [-0.2, -0.15) is 4.98 Å². The minimum atomic E-state index is -0.396. The lowest BCUT2D eigenvalue weighted by Gasteiger charge is -2.34. The van der Waals surface area contributed by atoms with Crippen molar-refractivity contribution >= 4 is 5.91 Å². The molecule has 21 heavy (non-hydrogen) atoms. The molecule has 1 saturated carbocycles. The Hall–Kier alpha value is -1.47. The van der Waals surface area contributed by atoms with E-state index in [1.54, 1.807) is 0 Å². The first kappa shape index (κ1) is 14.5. The zero-order valence-electron chi connectivity index (χ0n) is 12.4. The Balaban J connectivity index is 1.77. The van der Waals surface area contributed by atoms with E-state index in [4.69, 9.17) is 9.26 Å². The number of nitrogens with one attached hydrogen (secondary N) is 2. The summed E-state index contributed by atoms with van der Waals surface area (Å²) < 4.78 is 11.4. The van der Waals surface area contributed by atoms with E-state index in [9.17, 15) is 4.79 Å². The lowest BCUT2D eigenvalue weighted by Crippen LogP contribution is -2.47. The number of carbonyl (C=O) groups is 1. The van der Waals surface area contributed by atoms with Gasteiger partial charge in [-0.3, -0.25) is 10.1 Å². The fourth-order valence-electron chi connectivity index (χ4n) is 3.13. The first-order valence-corrected chi connectivity index (χ1v) is 7.71. The standard InChI is InChI=1S/C14H22N4O3/c1-2-20-14(6-4-3-5-7-14)13-17-12(21-18-13)10-8-16-11(19)9-15-10/h10,15H,2-9H2,1H3,(H,16,19). The van der Waals surface area contributed by atoms with E-state index in [0.717, 1.165) is 25.7 Å². The van der Waals surface area contributed by atoms with E-state index in [1.807, 2.05) is 6.92 Å². The van der Waals surface area contributed by atoms with Gasteiger partial charge in [0.25, 0.3) is 0 Å². The van der Waals surface area contributed by atoms with Gasteiger partial charge in [0.05, 0.1) is 6.54 Å². The Morgan fingerprint density at radius 3 is 2.86 bits per heavy atom. The van der Waals surface area contributed by atoms with Crippen molar-refractivity contribution in [3.8, 4) is 0 Å². The third-order valence-corrected chi connectivity index (χ3v) is 4.24. The largest absolute Gasteiger partial charge is 0.367 e. The predicted octanol–water partition coefficient (Wildman–Crippen LogP) is 1.03. The molecule has 2 aliphatic rings. The van der Waals surface area contributed by atoms with Crippen molar-refractivity contribution in [2.24, 2.45) is 0 Å². The second-order valence-electron chi connectivity index (χ2n) is 5.68. The van der Waals surface area contributed by atoms with Gasteiger partial charge in [0, 0.05) is 13.2 Å². The van der Waals surface area contributed by atoms with Crippen molar-refractivity contribution in [1.29, 1.82) is 0 Å². The third-order valence-electron chi connectivity index (χ3n) is 4.24. The molecule has 1 saturated heterocycles. The molecule has 0 aromatic carbocycles. The number of hydrogen-bond acceptors (Lipinski definition) is 6. The summed E-state index contributed by atoms with van der Waals surface area (Å²) in [6, 6.07) is -0.119. The van der Waals surface area contributed by atoms with E-state index in [0.29, 0.717) is 24.9 Å². The number of nitrogens with zero attached hydrogens (tertiary/aromatic N) is 2. The van der Waals surface area contributed by atoms with E-state index >= 15 is 0 Å². The minimum absolute atomic E-state index is 0.0101. The minimum Gasteiger partial charge on any atom is -0.367 e. The second kappa shape index (κ2) is 6.11. The maximum atomic E-state index is 11.2. The highest BCUT2D eigenvalue weighted by Crippen LogP contribution is 2.39. The van der Waals surface area contributed by atoms with Crippen molar-refractivity contribution < 1.29 is 14.1 Å². The Labute approximate surface area is 123 Å². The van der Waals surface area contributed by atoms with Gasteiger partial charge in [-0.15, -0.1) is 0 Å². The summed E-state index contributed by atoms with van der Waals surface area (Å²) in [4.78, 5) is 15.7. The van der Waals surface area contributed by atoms with Gasteiger partial charge in [-0.25, -0.2) is 0 Å². The number of aromatic nitrogens is 2. The monoisotopic (exact) mass is 294 g/mol.